The van der Waals surface area contributed by atoms with Crippen molar-refractivity contribution < 1.29 is 4.79 Å². The van der Waals surface area contributed by atoms with Gasteiger partial charge in [0.25, 0.3) is 0 Å². The van der Waals surface area contributed by atoms with Crippen LogP contribution in [-0.4, -0.2) is 29.4 Å². The van der Waals surface area contributed by atoms with E-state index in [4.69, 9.17) is 5.73 Å². The van der Waals surface area contributed by atoms with Gasteiger partial charge in [0, 0.05) is 24.1 Å². The van der Waals surface area contributed by atoms with Crippen LogP contribution in [0.5, 0.6) is 0 Å². The van der Waals surface area contributed by atoms with Gasteiger partial charge >= 0.3 is 0 Å². The van der Waals surface area contributed by atoms with Gasteiger partial charge in [0.05, 0.1) is 12.2 Å². The lowest BCUT2D eigenvalue weighted by Gasteiger charge is -2.16. The summed E-state index contributed by atoms with van der Waals surface area (Å²) in [4.78, 5) is 18.2. The fourth-order valence-electron chi connectivity index (χ4n) is 2.03. The largest absolute Gasteiger partial charge is 0.399 e. The summed E-state index contributed by atoms with van der Waals surface area (Å²) < 4.78 is 0. The molecule has 0 aliphatic rings. The predicted octanol–water partition coefficient (Wildman–Crippen LogP) is 2.04. The minimum absolute atomic E-state index is 0.0675. The zero-order valence-corrected chi connectivity index (χ0v) is 12.3. The summed E-state index contributed by atoms with van der Waals surface area (Å²) >= 11 is 0. The van der Waals surface area contributed by atoms with E-state index in [9.17, 15) is 4.79 Å². The zero-order valence-electron chi connectivity index (χ0n) is 12.3. The van der Waals surface area contributed by atoms with Crippen molar-refractivity contribution in [3.8, 4) is 0 Å². The summed E-state index contributed by atoms with van der Waals surface area (Å²) in [5.41, 5.74) is 9.06. The second kappa shape index (κ2) is 6.85. The lowest BCUT2D eigenvalue weighted by Crippen LogP contribution is -2.30. The van der Waals surface area contributed by atoms with Crippen LogP contribution in [0.1, 0.15) is 11.3 Å². The summed E-state index contributed by atoms with van der Waals surface area (Å²) in [5, 5.41) is 2.89. The Morgan fingerprint density at radius 2 is 2.14 bits per heavy atom. The summed E-state index contributed by atoms with van der Waals surface area (Å²) in [5.74, 6) is -0.0675. The van der Waals surface area contributed by atoms with Crippen molar-refractivity contribution in [1.29, 1.82) is 0 Å². The number of hydrogen-bond donors (Lipinski definition) is 2. The predicted molar refractivity (Wildman–Crippen MR) is 84.8 cm³/mol. The van der Waals surface area contributed by atoms with Crippen molar-refractivity contribution in [2.24, 2.45) is 0 Å². The number of carbonyl (C=O) groups excluding carboxylic acids is 1. The van der Waals surface area contributed by atoms with Gasteiger partial charge in [0.1, 0.15) is 0 Å². The molecule has 110 valence electrons. The van der Waals surface area contributed by atoms with Gasteiger partial charge < -0.3 is 11.1 Å². The zero-order chi connectivity index (χ0) is 15.2. The molecule has 5 nitrogen and oxygen atoms in total. The van der Waals surface area contributed by atoms with Crippen molar-refractivity contribution in [2.75, 3.05) is 24.6 Å². The Hall–Kier alpha value is -2.40. The molecule has 0 spiro atoms. The minimum atomic E-state index is -0.0675. The van der Waals surface area contributed by atoms with Crippen LogP contribution in [0, 0.1) is 6.92 Å². The monoisotopic (exact) mass is 284 g/mol. The maximum absolute atomic E-state index is 12.1. The number of anilines is 2. The number of pyridine rings is 1. The molecule has 21 heavy (non-hydrogen) atoms. The second-order valence-corrected chi connectivity index (χ2v) is 5.12. The number of hydrogen-bond acceptors (Lipinski definition) is 4. The molecule has 0 radical (unpaired) electrons. The highest BCUT2D eigenvalue weighted by atomic mass is 16.2. The maximum atomic E-state index is 12.1. The molecule has 2 rings (SSSR count). The Morgan fingerprint density at radius 1 is 1.33 bits per heavy atom. The number of nitrogens with one attached hydrogen (secondary N) is 1. The van der Waals surface area contributed by atoms with E-state index >= 15 is 0 Å². The van der Waals surface area contributed by atoms with Crippen LogP contribution in [-0.2, 0) is 11.3 Å². The van der Waals surface area contributed by atoms with E-state index in [1.807, 2.05) is 49.2 Å². The van der Waals surface area contributed by atoms with Crippen molar-refractivity contribution in [2.45, 2.75) is 13.5 Å². The number of likely N-dealkylation sites (N-methyl/N-ethyl adjacent to an activating group) is 1. The highest BCUT2D eigenvalue weighted by molar-refractivity contribution is 5.93. The summed E-state index contributed by atoms with van der Waals surface area (Å²) in [6, 6.07) is 11.2. The van der Waals surface area contributed by atoms with Crippen LogP contribution >= 0.6 is 0 Å². The van der Waals surface area contributed by atoms with E-state index in [1.54, 1.807) is 12.3 Å². The van der Waals surface area contributed by atoms with E-state index in [2.05, 4.69) is 10.3 Å². The van der Waals surface area contributed by atoms with Gasteiger partial charge in [0.15, 0.2) is 0 Å². The lowest BCUT2D eigenvalue weighted by atomic mass is 10.2. The van der Waals surface area contributed by atoms with Crippen molar-refractivity contribution in [1.82, 2.24) is 9.88 Å². The average Bonchev–Trinajstić information content (AvgIpc) is 2.43. The van der Waals surface area contributed by atoms with Gasteiger partial charge in [-0.25, -0.2) is 0 Å². The van der Waals surface area contributed by atoms with Gasteiger partial charge in [0.2, 0.25) is 5.91 Å². The van der Waals surface area contributed by atoms with Crippen LogP contribution in [0.2, 0.25) is 0 Å². The molecule has 0 aliphatic carbocycles. The van der Waals surface area contributed by atoms with Crippen molar-refractivity contribution >= 4 is 17.3 Å². The molecular formula is C16H20N4O. The Kier molecular flexibility index (Phi) is 4.90. The Morgan fingerprint density at radius 3 is 2.86 bits per heavy atom. The van der Waals surface area contributed by atoms with E-state index < -0.39 is 0 Å². The molecule has 2 aromatic rings. The summed E-state index contributed by atoms with van der Waals surface area (Å²) in [6.07, 6.45) is 1.75. The van der Waals surface area contributed by atoms with Gasteiger partial charge in [-0.1, -0.05) is 12.1 Å². The molecule has 3 N–H and O–H groups in total. The lowest BCUT2D eigenvalue weighted by molar-refractivity contribution is -0.117. The van der Waals surface area contributed by atoms with Crippen LogP contribution in [0.25, 0.3) is 0 Å². The molecule has 5 heteroatoms. The molecule has 0 bridgehead atoms. The molecule has 0 unspecified atom stereocenters. The van der Waals surface area contributed by atoms with E-state index in [0.29, 0.717) is 18.8 Å². The number of nitrogens with zero attached hydrogens (tertiary/aromatic N) is 2. The Labute approximate surface area is 124 Å². The normalized spacial score (nSPS) is 10.6. The van der Waals surface area contributed by atoms with Crippen molar-refractivity contribution in [3.63, 3.8) is 0 Å². The van der Waals surface area contributed by atoms with Crippen LogP contribution in [0.3, 0.4) is 0 Å². The quantitative estimate of drug-likeness (QED) is 0.824. The van der Waals surface area contributed by atoms with E-state index in [0.717, 1.165) is 16.9 Å². The molecule has 0 saturated carbocycles. The van der Waals surface area contributed by atoms with Gasteiger partial charge in [-0.2, -0.15) is 0 Å². The average molecular weight is 284 g/mol. The van der Waals surface area contributed by atoms with Crippen molar-refractivity contribution in [3.05, 3.63) is 53.9 Å². The first-order valence-electron chi connectivity index (χ1n) is 6.79. The molecule has 0 aliphatic heterocycles. The molecule has 1 heterocycles. The summed E-state index contributed by atoms with van der Waals surface area (Å²) in [6.45, 7) is 2.86. The highest BCUT2D eigenvalue weighted by Gasteiger charge is 2.09. The Balaban J connectivity index is 1.91. The number of aryl methyl sites for hydroxylation is 1. The number of amides is 1. The third kappa shape index (κ3) is 4.57. The SMILES string of the molecule is Cc1ccc(N)cc1NC(=O)CN(C)Cc1ccccn1. The molecule has 0 fully saturated rings. The number of carbonyl (C=O) groups is 1. The van der Waals surface area contributed by atoms with E-state index in [-0.39, 0.29) is 5.91 Å². The molecule has 0 saturated heterocycles. The maximum Gasteiger partial charge on any atom is 0.238 e. The second-order valence-electron chi connectivity index (χ2n) is 5.12. The molecule has 0 atom stereocenters. The first kappa shape index (κ1) is 15.0. The van der Waals surface area contributed by atoms with Gasteiger partial charge in [-0.15, -0.1) is 0 Å². The fourth-order valence-corrected chi connectivity index (χ4v) is 2.03. The molecule has 1 aromatic carbocycles. The highest BCUT2D eigenvalue weighted by Crippen LogP contribution is 2.17. The number of rotatable bonds is 5. The smallest absolute Gasteiger partial charge is 0.238 e. The van der Waals surface area contributed by atoms with Crippen LogP contribution < -0.4 is 11.1 Å². The van der Waals surface area contributed by atoms with Gasteiger partial charge in [-0.05, 0) is 43.8 Å². The number of benzene rings is 1. The molecular weight excluding hydrogens is 264 g/mol. The van der Waals surface area contributed by atoms with E-state index in [1.165, 1.54) is 0 Å². The molecule has 1 amide bonds. The third-order valence-electron chi connectivity index (χ3n) is 3.11. The first-order valence-corrected chi connectivity index (χ1v) is 6.79. The van der Waals surface area contributed by atoms with Crippen LogP contribution in [0.4, 0.5) is 11.4 Å². The number of nitrogens with two attached hydrogens (primary N) is 1. The summed E-state index contributed by atoms with van der Waals surface area (Å²) in [7, 11) is 1.89. The third-order valence-corrected chi connectivity index (χ3v) is 3.11. The fraction of sp³-hybridized carbons (Fsp3) is 0.250. The number of nitrogen functional groups attached to an aromatic ring is 1. The first-order chi connectivity index (χ1) is 10.0. The van der Waals surface area contributed by atoms with Gasteiger partial charge in [-0.3, -0.25) is 14.7 Å². The standard InChI is InChI=1S/C16H20N4O/c1-12-6-7-13(17)9-15(12)19-16(21)11-20(2)10-14-5-3-4-8-18-14/h3-9H,10-11,17H2,1-2H3,(H,19,21). The topological polar surface area (TPSA) is 71.2 Å². The number of aromatic nitrogens is 1. The minimum Gasteiger partial charge on any atom is -0.399 e. The molecule has 1 aromatic heterocycles. The Bertz CT molecular complexity index is 613. The van der Waals surface area contributed by atoms with Crippen LogP contribution in [0.15, 0.2) is 42.6 Å².